The van der Waals surface area contributed by atoms with Gasteiger partial charge in [-0.25, -0.2) is 9.78 Å². The lowest BCUT2D eigenvalue weighted by Crippen LogP contribution is -2.34. The van der Waals surface area contributed by atoms with Crippen molar-refractivity contribution >= 4 is 29.3 Å². The molecule has 2 aromatic rings. The molecule has 132 valence electrons. The molecule has 0 bridgehead atoms. The third kappa shape index (κ3) is 4.25. The number of hydrogen-bond acceptors (Lipinski definition) is 4. The minimum absolute atomic E-state index is 0.0559. The Bertz CT molecular complexity index is 716. The molecule has 25 heavy (non-hydrogen) atoms. The normalized spacial score (nSPS) is 16.0. The first-order chi connectivity index (χ1) is 12.2. The van der Waals surface area contributed by atoms with Crippen molar-refractivity contribution in [2.24, 2.45) is 0 Å². The SMILES string of the molecule is CCN(CC)c1ccc(NC(=O)N[C@@H]2CCSc3ccccc32)cn1. The van der Waals surface area contributed by atoms with E-state index in [1.807, 2.05) is 36.0 Å². The van der Waals surface area contributed by atoms with Crippen LogP contribution in [-0.2, 0) is 0 Å². The van der Waals surface area contributed by atoms with Crippen LogP contribution in [0.3, 0.4) is 0 Å². The third-order valence-corrected chi connectivity index (χ3v) is 5.48. The fourth-order valence-electron chi connectivity index (χ4n) is 3.01. The lowest BCUT2D eigenvalue weighted by molar-refractivity contribution is 0.248. The largest absolute Gasteiger partial charge is 0.357 e. The number of thioether (sulfide) groups is 1. The molecule has 0 saturated heterocycles. The van der Waals surface area contributed by atoms with Crippen LogP contribution in [0.15, 0.2) is 47.5 Å². The van der Waals surface area contributed by atoms with Crippen molar-refractivity contribution in [2.75, 3.05) is 29.1 Å². The highest BCUT2D eigenvalue weighted by Crippen LogP contribution is 2.35. The number of aromatic nitrogens is 1. The summed E-state index contributed by atoms with van der Waals surface area (Å²) in [5.74, 6) is 1.94. The molecule has 0 spiro atoms. The summed E-state index contributed by atoms with van der Waals surface area (Å²) in [4.78, 5) is 20.2. The maximum absolute atomic E-state index is 12.4. The smallest absolute Gasteiger partial charge is 0.319 e. The van der Waals surface area contributed by atoms with Gasteiger partial charge in [-0.1, -0.05) is 18.2 Å². The average molecular weight is 356 g/mol. The minimum atomic E-state index is -0.191. The fourth-order valence-corrected chi connectivity index (χ4v) is 4.14. The van der Waals surface area contributed by atoms with Crippen LogP contribution < -0.4 is 15.5 Å². The number of carbonyl (C=O) groups excluding carboxylic acids is 1. The Hall–Kier alpha value is -2.21. The van der Waals surface area contributed by atoms with E-state index in [1.165, 1.54) is 10.5 Å². The van der Waals surface area contributed by atoms with E-state index in [0.717, 1.165) is 31.1 Å². The summed E-state index contributed by atoms with van der Waals surface area (Å²) in [5, 5.41) is 5.97. The summed E-state index contributed by atoms with van der Waals surface area (Å²) in [6, 6.07) is 12.0. The molecule has 0 saturated carbocycles. The first-order valence-electron chi connectivity index (χ1n) is 8.71. The number of pyridine rings is 1. The van der Waals surface area contributed by atoms with E-state index in [4.69, 9.17) is 0 Å². The minimum Gasteiger partial charge on any atom is -0.357 e. The first kappa shape index (κ1) is 17.6. The molecule has 1 atom stereocenters. The Labute approximate surface area is 153 Å². The molecule has 1 aromatic heterocycles. The highest BCUT2D eigenvalue weighted by molar-refractivity contribution is 7.99. The number of amides is 2. The standard InChI is InChI=1S/C19H24N4OS/c1-3-23(4-2)18-10-9-14(13-20-18)21-19(24)22-16-11-12-25-17-8-6-5-7-15(16)17/h5-10,13,16H,3-4,11-12H2,1-2H3,(H2,21,22,24)/t16-/m1/s1. The van der Waals surface area contributed by atoms with Crippen molar-refractivity contribution in [1.82, 2.24) is 10.3 Å². The lowest BCUT2D eigenvalue weighted by Gasteiger charge is -2.26. The van der Waals surface area contributed by atoms with E-state index in [1.54, 1.807) is 6.20 Å². The van der Waals surface area contributed by atoms with Crippen LogP contribution >= 0.6 is 11.8 Å². The van der Waals surface area contributed by atoms with Crippen LogP contribution in [-0.4, -0.2) is 29.9 Å². The van der Waals surface area contributed by atoms with Crippen LogP contribution in [0.2, 0.25) is 0 Å². The van der Waals surface area contributed by atoms with Gasteiger partial charge in [-0.15, -0.1) is 11.8 Å². The summed E-state index contributed by atoms with van der Waals surface area (Å²) in [5.41, 5.74) is 1.90. The molecular weight excluding hydrogens is 332 g/mol. The highest BCUT2D eigenvalue weighted by Gasteiger charge is 2.21. The molecule has 0 aliphatic carbocycles. The Morgan fingerprint density at radius 2 is 2.04 bits per heavy atom. The molecule has 0 fully saturated rings. The zero-order valence-corrected chi connectivity index (χ0v) is 15.5. The number of urea groups is 1. The zero-order valence-electron chi connectivity index (χ0n) is 14.7. The quantitative estimate of drug-likeness (QED) is 0.839. The van der Waals surface area contributed by atoms with Crippen LogP contribution in [0.4, 0.5) is 16.3 Å². The number of fused-ring (bicyclic) bond motifs is 1. The molecule has 2 heterocycles. The van der Waals surface area contributed by atoms with E-state index < -0.39 is 0 Å². The van der Waals surface area contributed by atoms with Crippen molar-refractivity contribution in [3.63, 3.8) is 0 Å². The van der Waals surface area contributed by atoms with E-state index in [9.17, 15) is 4.79 Å². The van der Waals surface area contributed by atoms with Crippen LogP contribution in [0, 0.1) is 0 Å². The third-order valence-electron chi connectivity index (χ3n) is 4.36. The Balaban J connectivity index is 1.62. The molecular formula is C19H24N4OS. The van der Waals surface area contributed by atoms with Gasteiger partial charge < -0.3 is 15.5 Å². The molecule has 0 unspecified atom stereocenters. The Kier molecular flexibility index (Phi) is 5.81. The summed E-state index contributed by atoms with van der Waals surface area (Å²) in [6.45, 7) is 6.03. The summed E-state index contributed by atoms with van der Waals surface area (Å²) in [7, 11) is 0. The van der Waals surface area contributed by atoms with Gasteiger partial charge in [0.05, 0.1) is 17.9 Å². The van der Waals surface area contributed by atoms with Gasteiger partial charge in [0, 0.05) is 23.7 Å². The van der Waals surface area contributed by atoms with E-state index in [0.29, 0.717) is 5.69 Å². The molecule has 5 nitrogen and oxygen atoms in total. The second kappa shape index (κ2) is 8.25. The first-order valence-corrected chi connectivity index (χ1v) is 9.70. The molecule has 3 rings (SSSR count). The highest BCUT2D eigenvalue weighted by atomic mass is 32.2. The Morgan fingerprint density at radius 1 is 1.24 bits per heavy atom. The zero-order chi connectivity index (χ0) is 17.6. The maximum Gasteiger partial charge on any atom is 0.319 e. The van der Waals surface area contributed by atoms with E-state index >= 15 is 0 Å². The molecule has 6 heteroatoms. The van der Waals surface area contributed by atoms with Gasteiger partial charge >= 0.3 is 6.03 Å². The molecule has 1 aromatic carbocycles. The summed E-state index contributed by atoms with van der Waals surface area (Å²) < 4.78 is 0. The summed E-state index contributed by atoms with van der Waals surface area (Å²) >= 11 is 1.85. The van der Waals surface area contributed by atoms with Crippen molar-refractivity contribution in [2.45, 2.75) is 31.2 Å². The van der Waals surface area contributed by atoms with Gasteiger partial charge in [-0.2, -0.15) is 0 Å². The van der Waals surface area contributed by atoms with E-state index in [-0.39, 0.29) is 12.1 Å². The maximum atomic E-state index is 12.4. The van der Waals surface area contributed by atoms with Gasteiger partial charge in [-0.05, 0) is 44.0 Å². The number of hydrogen-bond donors (Lipinski definition) is 2. The molecule has 2 N–H and O–H groups in total. The molecule has 1 aliphatic heterocycles. The molecule has 0 radical (unpaired) electrons. The second-order valence-electron chi connectivity index (χ2n) is 5.90. The van der Waals surface area contributed by atoms with Crippen molar-refractivity contribution in [1.29, 1.82) is 0 Å². The van der Waals surface area contributed by atoms with Crippen molar-refractivity contribution in [3.8, 4) is 0 Å². The number of nitrogens with zero attached hydrogens (tertiary/aromatic N) is 2. The predicted octanol–water partition coefficient (Wildman–Crippen LogP) is 4.29. The van der Waals surface area contributed by atoms with Crippen LogP contribution in [0.5, 0.6) is 0 Å². The van der Waals surface area contributed by atoms with Gasteiger partial charge in [0.1, 0.15) is 5.82 Å². The van der Waals surface area contributed by atoms with Crippen molar-refractivity contribution < 1.29 is 4.79 Å². The fraction of sp³-hybridized carbons (Fsp3) is 0.368. The van der Waals surface area contributed by atoms with Gasteiger partial charge in [0.2, 0.25) is 0 Å². The van der Waals surface area contributed by atoms with Gasteiger partial charge in [0.25, 0.3) is 0 Å². The topological polar surface area (TPSA) is 57.3 Å². The van der Waals surface area contributed by atoms with Gasteiger partial charge in [-0.3, -0.25) is 0 Å². The lowest BCUT2D eigenvalue weighted by atomic mass is 10.0. The van der Waals surface area contributed by atoms with Crippen LogP contribution in [0.1, 0.15) is 31.9 Å². The van der Waals surface area contributed by atoms with Crippen molar-refractivity contribution in [3.05, 3.63) is 48.2 Å². The molecule has 1 aliphatic rings. The number of benzene rings is 1. The number of rotatable bonds is 5. The summed E-state index contributed by atoms with van der Waals surface area (Å²) in [6.07, 6.45) is 2.64. The van der Waals surface area contributed by atoms with E-state index in [2.05, 4.69) is 46.5 Å². The predicted molar refractivity (Wildman–Crippen MR) is 104 cm³/mol. The Morgan fingerprint density at radius 3 is 2.76 bits per heavy atom. The average Bonchev–Trinajstić information content (AvgIpc) is 2.64. The number of anilines is 2. The number of carbonyl (C=O) groups is 1. The monoisotopic (exact) mass is 356 g/mol. The van der Waals surface area contributed by atoms with Crippen LogP contribution in [0.25, 0.3) is 0 Å². The molecule has 2 amide bonds. The number of nitrogens with one attached hydrogen (secondary N) is 2. The second-order valence-corrected chi connectivity index (χ2v) is 7.04. The van der Waals surface area contributed by atoms with Gasteiger partial charge in [0.15, 0.2) is 0 Å².